The fourth-order valence-corrected chi connectivity index (χ4v) is 3.67. The first-order valence-electron chi connectivity index (χ1n) is 8.43. The van der Waals surface area contributed by atoms with Crippen LogP contribution in [0, 0.1) is 0 Å². The number of carbonyl (C=O) groups is 1. The molecule has 2 atom stereocenters. The number of rotatable bonds is 8. The van der Waals surface area contributed by atoms with Crippen molar-refractivity contribution in [1.29, 1.82) is 0 Å². The molecule has 0 saturated carbocycles. The van der Waals surface area contributed by atoms with Crippen LogP contribution in [0.4, 0.5) is 4.39 Å². The quantitative estimate of drug-likeness (QED) is 0.140. The summed E-state index contributed by atoms with van der Waals surface area (Å²) in [5.41, 5.74) is 0.691. The smallest absolute Gasteiger partial charge is 0.340 e. The van der Waals surface area contributed by atoms with Crippen LogP contribution < -0.4 is 0 Å². The van der Waals surface area contributed by atoms with Crippen molar-refractivity contribution < 1.29 is 18.8 Å². The Hall–Kier alpha value is -1.27. The summed E-state index contributed by atoms with van der Waals surface area (Å²) in [4.78, 5) is 17.0. The number of oxime groups is 1. The number of nitrogens with zero attached hydrogens (tertiary/aromatic N) is 1. The minimum absolute atomic E-state index is 0.0385. The Balaban J connectivity index is 2.09. The van der Waals surface area contributed by atoms with E-state index >= 15 is 0 Å². The number of esters is 1. The first-order chi connectivity index (χ1) is 13.3. The van der Waals surface area contributed by atoms with Crippen molar-refractivity contribution in [3.8, 4) is 0 Å². The Labute approximate surface area is 182 Å². The van der Waals surface area contributed by atoms with Crippen LogP contribution in [-0.4, -0.2) is 30.5 Å². The number of halogens is 5. The molecule has 0 aromatic heterocycles. The summed E-state index contributed by atoms with van der Waals surface area (Å²) in [6.45, 7) is 0. The Morgan fingerprint density at radius 2 is 2.07 bits per heavy atom. The molecular formula is C19H18Cl4FNO3. The molecule has 9 heteroatoms. The molecule has 0 aliphatic heterocycles. The van der Waals surface area contributed by atoms with Gasteiger partial charge >= 0.3 is 5.97 Å². The van der Waals surface area contributed by atoms with Crippen LogP contribution in [0.1, 0.15) is 36.0 Å². The van der Waals surface area contributed by atoms with Crippen LogP contribution in [0.5, 0.6) is 0 Å². The molecule has 0 spiro atoms. The standard InChI is InChI=1S/C19H18Cl4FNO3/c1-27-25-10-4-2-3-5-12-8-9-19(23,24)17(16(12)22)28-18(26)14-7-6-13(20)11-15(14)21/h6-11,17H,2-5H2,1H3. The van der Waals surface area contributed by atoms with Crippen LogP contribution in [0.3, 0.4) is 0 Å². The van der Waals surface area contributed by atoms with E-state index in [2.05, 4.69) is 9.99 Å². The van der Waals surface area contributed by atoms with Gasteiger partial charge in [0.05, 0.1) is 15.6 Å². The second-order valence-corrected chi connectivity index (χ2v) is 7.84. The molecule has 0 fully saturated rings. The van der Waals surface area contributed by atoms with Crippen molar-refractivity contribution in [2.45, 2.75) is 36.9 Å². The normalized spacial score (nSPS) is 22.0. The van der Waals surface area contributed by atoms with Gasteiger partial charge in [-0.25, -0.2) is 9.18 Å². The Bertz CT molecular complexity index is 808. The summed E-state index contributed by atoms with van der Waals surface area (Å²) in [6, 6.07) is 4.25. The van der Waals surface area contributed by atoms with E-state index in [-0.39, 0.29) is 15.6 Å². The van der Waals surface area contributed by atoms with Gasteiger partial charge in [-0.05, 0) is 55.5 Å². The third-order valence-corrected chi connectivity index (χ3v) is 5.29. The molecule has 4 nitrogen and oxygen atoms in total. The Kier molecular flexibility index (Phi) is 8.62. The summed E-state index contributed by atoms with van der Waals surface area (Å²) in [7, 11) is 1.47. The molecule has 0 radical (unpaired) electrons. The fraction of sp³-hybridized carbons (Fsp3) is 0.368. The molecule has 1 aliphatic carbocycles. The first kappa shape index (κ1) is 23.0. The van der Waals surface area contributed by atoms with Gasteiger partial charge in [-0.3, -0.25) is 0 Å². The van der Waals surface area contributed by atoms with Gasteiger partial charge in [-0.15, -0.1) is 0 Å². The molecule has 2 unspecified atom stereocenters. The van der Waals surface area contributed by atoms with Gasteiger partial charge in [-0.1, -0.05) is 57.6 Å². The molecule has 0 amide bonds. The fourth-order valence-electron chi connectivity index (χ4n) is 2.55. The molecule has 0 heterocycles. The van der Waals surface area contributed by atoms with Gasteiger partial charge in [0.1, 0.15) is 7.11 Å². The van der Waals surface area contributed by atoms with E-state index in [0.717, 1.165) is 25.3 Å². The molecule has 2 rings (SSSR count). The van der Waals surface area contributed by atoms with Crippen LogP contribution in [-0.2, 0) is 9.57 Å². The number of ether oxygens (including phenoxy) is 1. The number of alkyl halides is 2. The van der Waals surface area contributed by atoms with Gasteiger partial charge in [0.15, 0.2) is 6.10 Å². The van der Waals surface area contributed by atoms with Crippen molar-refractivity contribution in [2.75, 3.05) is 7.11 Å². The van der Waals surface area contributed by atoms with Gasteiger partial charge in [0.25, 0.3) is 0 Å². The minimum Gasteiger partial charge on any atom is -0.448 e. The molecule has 0 saturated heterocycles. The zero-order valence-electron chi connectivity index (χ0n) is 14.9. The zero-order chi connectivity index (χ0) is 20.7. The van der Waals surface area contributed by atoms with E-state index in [1.54, 1.807) is 6.21 Å². The highest BCUT2D eigenvalue weighted by molar-refractivity contribution is 6.36. The molecule has 1 aromatic carbocycles. The second kappa shape index (κ2) is 10.5. The molecule has 0 bridgehead atoms. The summed E-state index contributed by atoms with van der Waals surface area (Å²) in [6.07, 6.45) is 5.74. The topological polar surface area (TPSA) is 47.9 Å². The van der Waals surface area contributed by atoms with E-state index in [1.807, 2.05) is 0 Å². The summed E-state index contributed by atoms with van der Waals surface area (Å²) < 4.78 is 20.0. The first-order valence-corrected chi connectivity index (χ1v) is 9.94. The minimum atomic E-state index is -2.46. The summed E-state index contributed by atoms with van der Waals surface area (Å²) in [5.74, 6) is -0.849. The average Bonchev–Trinajstić information content (AvgIpc) is 2.63. The highest BCUT2D eigenvalue weighted by Gasteiger charge is 2.43. The van der Waals surface area contributed by atoms with E-state index in [4.69, 9.17) is 51.1 Å². The van der Waals surface area contributed by atoms with E-state index in [1.165, 1.54) is 31.4 Å². The van der Waals surface area contributed by atoms with E-state index < -0.39 is 17.2 Å². The highest BCUT2D eigenvalue weighted by Crippen LogP contribution is 2.40. The zero-order valence-corrected chi connectivity index (χ0v) is 18.0. The number of hydrogen-bond acceptors (Lipinski definition) is 4. The Morgan fingerprint density at radius 1 is 1.32 bits per heavy atom. The van der Waals surface area contributed by atoms with Crippen LogP contribution in [0.15, 0.2) is 46.1 Å². The van der Waals surface area contributed by atoms with Crippen LogP contribution in [0.25, 0.3) is 0 Å². The maximum absolute atomic E-state index is 14.7. The number of unbranched alkanes of at least 4 members (excludes halogenated alkanes) is 2. The van der Waals surface area contributed by atoms with E-state index in [9.17, 15) is 9.18 Å². The lowest BCUT2D eigenvalue weighted by atomic mass is 9.97. The summed E-state index contributed by atoms with van der Waals surface area (Å²) >= 11 is 24.0. The van der Waals surface area contributed by atoms with Crippen molar-refractivity contribution in [2.24, 2.45) is 5.16 Å². The average molecular weight is 469 g/mol. The molecule has 28 heavy (non-hydrogen) atoms. The molecular weight excluding hydrogens is 451 g/mol. The third kappa shape index (κ3) is 6.11. The highest BCUT2D eigenvalue weighted by atomic mass is 35.5. The maximum Gasteiger partial charge on any atom is 0.340 e. The predicted octanol–water partition coefficient (Wildman–Crippen LogP) is 6.68. The SMILES string of the molecule is CON=CCCCCC1=C(Cl)C(OC(=O)c2ccc(Cl)cc2Cl)C(F)(Cl)C=C1. The lowest BCUT2D eigenvalue weighted by Crippen LogP contribution is -2.37. The van der Waals surface area contributed by atoms with Crippen LogP contribution in [0.2, 0.25) is 10.0 Å². The van der Waals surface area contributed by atoms with Crippen molar-refractivity contribution in [3.05, 3.63) is 56.6 Å². The van der Waals surface area contributed by atoms with Crippen LogP contribution >= 0.6 is 46.4 Å². The molecule has 152 valence electrons. The number of hydrogen-bond donors (Lipinski definition) is 0. The van der Waals surface area contributed by atoms with Crippen molar-refractivity contribution in [3.63, 3.8) is 0 Å². The lowest BCUT2D eigenvalue weighted by Gasteiger charge is -2.30. The van der Waals surface area contributed by atoms with Gasteiger partial charge in [0.2, 0.25) is 5.13 Å². The number of benzene rings is 1. The number of allylic oxidation sites excluding steroid dienone is 2. The monoisotopic (exact) mass is 467 g/mol. The van der Waals surface area contributed by atoms with Gasteiger partial charge in [-0.2, -0.15) is 0 Å². The van der Waals surface area contributed by atoms with Crippen molar-refractivity contribution >= 4 is 58.6 Å². The van der Waals surface area contributed by atoms with Gasteiger partial charge in [0, 0.05) is 11.2 Å². The second-order valence-electron chi connectivity index (χ2n) is 6.01. The molecule has 0 N–H and O–H groups in total. The summed E-state index contributed by atoms with van der Waals surface area (Å²) in [5, 5.41) is 1.68. The largest absolute Gasteiger partial charge is 0.448 e. The maximum atomic E-state index is 14.7. The lowest BCUT2D eigenvalue weighted by molar-refractivity contribution is 0.0189. The third-order valence-electron chi connectivity index (χ3n) is 3.98. The van der Waals surface area contributed by atoms with Crippen molar-refractivity contribution in [1.82, 2.24) is 0 Å². The van der Waals surface area contributed by atoms with E-state index in [0.29, 0.717) is 17.0 Å². The number of carbonyl (C=O) groups excluding carboxylic acids is 1. The molecule has 1 aliphatic rings. The molecule has 1 aromatic rings. The predicted molar refractivity (Wildman–Crippen MR) is 111 cm³/mol. The Morgan fingerprint density at radius 3 is 2.75 bits per heavy atom. The van der Waals surface area contributed by atoms with Gasteiger partial charge < -0.3 is 9.57 Å².